The zero-order valence-corrected chi connectivity index (χ0v) is 9.50. The quantitative estimate of drug-likeness (QED) is 0.233. The van der Waals surface area contributed by atoms with Gasteiger partial charge in [0.2, 0.25) is 0 Å². The first-order chi connectivity index (χ1) is 6.45. The number of hydrogen-bond acceptors (Lipinski definition) is 4. The highest BCUT2D eigenvalue weighted by molar-refractivity contribution is 7.99. The number of azide groups is 1. The van der Waals surface area contributed by atoms with Crippen molar-refractivity contribution in [1.82, 2.24) is 0 Å². The van der Waals surface area contributed by atoms with Crippen molar-refractivity contribution < 1.29 is 9.53 Å². The number of hydrogen-bond donors (Lipinski definition) is 0. The van der Waals surface area contributed by atoms with E-state index >= 15 is 0 Å². The predicted octanol–water partition coefficient (Wildman–Crippen LogP) is 2.37. The van der Waals surface area contributed by atoms with Crippen LogP contribution in [0.4, 0.5) is 0 Å². The van der Waals surface area contributed by atoms with Gasteiger partial charge in [-0.15, -0.1) is 0 Å². The van der Waals surface area contributed by atoms with Crippen LogP contribution >= 0.6 is 11.8 Å². The van der Waals surface area contributed by atoms with E-state index in [1.807, 2.05) is 20.8 Å². The van der Waals surface area contributed by atoms with Crippen molar-refractivity contribution >= 4 is 17.7 Å². The molecule has 0 N–H and O–H groups in total. The molecule has 0 aromatic heterocycles. The average molecular weight is 217 g/mol. The maximum Gasteiger partial charge on any atom is 0.316 e. The van der Waals surface area contributed by atoms with Crippen molar-refractivity contribution in [3.8, 4) is 0 Å². The molecule has 6 heteroatoms. The third kappa shape index (κ3) is 9.22. The van der Waals surface area contributed by atoms with Crippen LogP contribution in [0.15, 0.2) is 5.11 Å². The molecule has 0 aliphatic rings. The first kappa shape index (κ1) is 13.1. The van der Waals surface area contributed by atoms with Crippen LogP contribution in [-0.4, -0.2) is 29.6 Å². The molecule has 0 atom stereocenters. The minimum atomic E-state index is -0.428. The number of esters is 1. The molecule has 0 saturated carbocycles. The van der Waals surface area contributed by atoms with Gasteiger partial charge in [0.25, 0.3) is 0 Å². The number of ether oxygens (including phenoxy) is 1. The summed E-state index contributed by atoms with van der Waals surface area (Å²) in [6.45, 7) is 5.89. The van der Waals surface area contributed by atoms with Gasteiger partial charge < -0.3 is 4.74 Å². The van der Waals surface area contributed by atoms with Crippen LogP contribution in [-0.2, 0) is 9.53 Å². The van der Waals surface area contributed by atoms with E-state index in [1.165, 1.54) is 11.8 Å². The lowest BCUT2D eigenvalue weighted by Crippen LogP contribution is -2.25. The van der Waals surface area contributed by atoms with E-state index in [-0.39, 0.29) is 5.97 Å². The fourth-order valence-corrected chi connectivity index (χ4v) is 1.26. The monoisotopic (exact) mass is 217 g/mol. The van der Waals surface area contributed by atoms with Crippen molar-refractivity contribution in [2.75, 3.05) is 18.1 Å². The lowest BCUT2D eigenvalue weighted by molar-refractivity contribution is -0.151. The van der Waals surface area contributed by atoms with Crippen LogP contribution in [0.1, 0.15) is 20.8 Å². The summed E-state index contributed by atoms with van der Waals surface area (Å²) in [4.78, 5) is 13.8. The zero-order chi connectivity index (χ0) is 11.0. The van der Waals surface area contributed by atoms with Gasteiger partial charge in [-0.25, -0.2) is 0 Å². The summed E-state index contributed by atoms with van der Waals surface area (Å²) in [6, 6.07) is 0. The Bertz CT molecular complexity index is 231. The fraction of sp³-hybridized carbons (Fsp3) is 0.875. The maximum absolute atomic E-state index is 11.1. The molecule has 0 aliphatic carbocycles. The Hall–Kier alpha value is -0.870. The van der Waals surface area contributed by atoms with Crippen LogP contribution in [0.5, 0.6) is 0 Å². The molecule has 0 spiro atoms. The Morgan fingerprint density at radius 3 is 2.71 bits per heavy atom. The summed E-state index contributed by atoms with van der Waals surface area (Å²) in [5.74, 6) is 0.713. The first-order valence-electron chi connectivity index (χ1n) is 4.26. The Morgan fingerprint density at radius 2 is 2.21 bits per heavy atom. The molecule has 0 fully saturated rings. The smallest absolute Gasteiger partial charge is 0.316 e. The summed E-state index contributed by atoms with van der Waals surface area (Å²) in [6.07, 6.45) is 0. The van der Waals surface area contributed by atoms with Gasteiger partial charge in [0.05, 0.1) is 5.75 Å². The van der Waals surface area contributed by atoms with Gasteiger partial charge >= 0.3 is 5.97 Å². The standard InChI is InChI=1S/C8H15N3O2S/c1-8(2,3)13-7(12)6-14-5-4-10-11-9/h4-6H2,1-3H3. The van der Waals surface area contributed by atoms with E-state index in [2.05, 4.69) is 10.0 Å². The summed E-state index contributed by atoms with van der Waals surface area (Å²) in [5.41, 5.74) is 7.56. The Labute approximate surface area is 87.8 Å². The lowest BCUT2D eigenvalue weighted by Gasteiger charge is -2.19. The molecule has 0 radical (unpaired) electrons. The molecule has 0 unspecified atom stereocenters. The van der Waals surface area contributed by atoms with Crippen molar-refractivity contribution in [1.29, 1.82) is 0 Å². The number of carbonyl (C=O) groups excluding carboxylic acids is 1. The van der Waals surface area contributed by atoms with E-state index in [0.29, 0.717) is 18.1 Å². The maximum atomic E-state index is 11.1. The van der Waals surface area contributed by atoms with Crippen LogP contribution in [0.25, 0.3) is 10.4 Å². The van der Waals surface area contributed by atoms with Crippen molar-refractivity contribution in [2.24, 2.45) is 5.11 Å². The van der Waals surface area contributed by atoms with Gasteiger partial charge in [0.15, 0.2) is 0 Å². The van der Waals surface area contributed by atoms with Gasteiger partial charge in [-0.05, 0) is 32.1 Å². The molecule has 14 heavy (non-hydrogen) atoms. The van der Waals surface area contributed by atoms with Crippen LogP contribution in [0, 0.1) is 0 Å². The summed E-state index contributed by atoms with van der Waals surface area (Å²) < 4.78 is 5.08. The molecule has 0 heterocycles. The zero-order valence-electron chi connectivity index (χ0n) is 8.69. The highest BCUT2D eigenvalue weighted by Crippen LogP contribution is 2.09. The molecule has 0 aliphatic heterocycles. The normalized spacial score (nSPS) is 10.5. The van der Waals surface area contributed by atoms with E-state index in [0.717, 1.165) is 0 Å². The summed E-state index contributed by atoms with van der Waals surface area (Å²) in [5, 5.41) is 3.35. The number of rotatable bonds is 5. The predicted molar refractivity (Wildman–Crippen MR) is 57.2 cm³/mol. The van der Waals surface area contributed by atoms with Gasteiger partial charge in [-0.1, -0.05) is 5.11 Å². The van der Waals surface area contributed by atoms with Gasteiger partial charge in [-0.3, -0.25) is 4.79 Å². The van der Waals surface area contributed by atoms with E-state index in [1.54, 1.807) is 0 Å². The molecule has 0 amide bonds. The van der Waals surface area contributed by atoms with Gasteiger partial charge in [0.1, 0.15) is 5.60 Å². The minimum Gasteiger partial charge on any atom is -0.459 e. The van der Waals surface area contributed by atoms with Gasteiger partial charge in [-0.2, -0.15) is 11.8 Å². The number of nitrogens with zero attached hydrogens (tertiary/aromatic N) is 3. The third-order valence-electron chi connectivity index (χ3n) is 1.04. The number of carbonyl (C=O) groups is 1. The highest BCUT2D eigenvalue weighted by Gasteiger charge is 2.15. The first-order valence-corrected chi connectivity index (χ1v) is 5.41. The molecular weight excluding hydrogens is 202 g/mol. The second-order valence-corrected chi connectivity index (χ2v) is 4.70. The summed E-state index contributed by atoms with van der Waals surface area (Å²) in [7, 11) is 0. The van der Waals surface area contributed by atoms with Crippen molar-refractivity contribution in [3.63, 3.8) is 0 Å². The Kier molecular flexibility index (Phi) is 6.16. The van der Waals surface area contributed by atoms with Crippen molar-refractivity contribution in [2.45, 2.75) is 26.4 Å². The molecule has 0 saturated heterocycles. The molecule has 0 bridgehead atoms. The molecule has 0 aromatic rings. The fourth-order valence-electron chi connectivity index (χ4n) is 0.677. The van der Waals surface area contributed by atoms with Crippen LogP contribution in [0.3, 0.4) is 0 Å². The van der Waals surface area contributed by atoms with Gasteiger partial charge in [0, 0.05) is 11.5 Å². The highest BCUT2D eigenvalue weighted by atomic mass is 32.2. The lowest BCUT2D eigenvalue weighted by atomic mass is 10.2. The van der Waals surface area contributed by atoms with Crippen molar-refractivity contribution in [3.05, 3.63) is 10.4 Å². The van der Waals surface area contributed by atoms with E-state index in [4.69, 9.17) is 10.3 Å². The molecule has 80 valence electrons. The second-order valence-electron chi connectivity index (χ2n) is 3.59. The third-order valence-corrected chi connectivity index (χ3v) is 1.95. The van der Waals surface area contributed by atoms with E-state index in [9.17, 15) is 4.79 Å². The topological polar surface area (TPSA) is 75.1 Å². The Morgan fingerprint density at radius 1 is 1.57 bits per heavy atom. The molecule has 5 nitrogen and oxygen atoms in total. The SMILES string of the molecule is CC(C)(C)OC(=O)CSCCN=[N+]=[N-]. The summed E-state index contributed by atoms with van der Waals surface area (Å²) >= 11 is 1.40. The molecule has 0 aromatic carbocycles. The molecular formula is C8H15N3O2S. The largest absolute Gasteiger partial charge is 0.459 e. The van der Waals surface area contributed by atoms with Crippen LogP contribution < -0.4 is 0 Å². The van der Waals surface area contributed by atoms with Crippen LogP contribution in [0.2, 0.25) is 0 Å². The average Bonchev–Trinajstić information content (AvgIpc) is 2.00. The number of thioether (sulfide) groups is 1. The van der Waals surface area contributed by atoms with E-state index < -0.39 is 5.60 Å². The Balaban J connectivity index is 3.50. The second kappa shape index (κ2) is 6.56. The minimum absolute atomic E-state index is 0.233. The molecule has 0 rings (SSSR count).